The van der Waals surface area contributed by atoms with E-state index in [-0.39, 0.29) is 17.7 Å². The smallest absolute Gasteiger partial charge is 0.238 e. The second kappa shape index (κ2) is 13.2. The summed E-state index contributed by atoms with van der Waals surface area (Å²) in [5, 5.41) is 49.8. The van der Waals surface area contributed by atoms with Crippen molar-refractivity contribution >= 4 is 5.91 Å². The van der Waals surface area contributed by atoms with Crippen molar-refractivity contribution in [1.29, 1.82) is 0 Å². The van der Waals surface area contributed by atoms with E-state index >= 15 is 0 Å². The van der Waals surface area contributed by atoms with Crippen LogP contribution in [0.15, 0.2) is 24.3 Å². The molecule has 0 aliphatic carbocycles. The lowest BCUT2D eigenvalue weighted by Gasteiger charge is -2.39. The third kappa shape index (κ3) is 7.40. The van der Waals surface area contributed by atoms with E-state index in [2.05, 4.69) is 15.5 Å². The average Bonchev–Trinajstić information content (AvgIpc) is 3.27. The van der Waals surface area contributed by atoms with Gasteiger partial charge in [-0.2, -0.15) is 0 Å². The molecular weight excluding hydrogens is 484 g/mol. The van der Waals surface area contributed by atoms with Gasteiger partial charge < -0.3 is 45.7 Å². The summed E-state index contributed by atoms with van der Waals surface area (Å²) in [6, 6.07) is 7.00. The Kier molecular flexibility index (Phi) is 10.3. The minimum atomic E-state index is -1.55. The fourth-order valence-corrected chi connectivity index (χ4v) is 3.92. The molecular formula is C25H38N4O8. The van der Waals surface area contributed by atoms with Crippen LogP contribution in [0.5, 0.6) is 11.6 Å². The van der Waals surface area contributed by atoms with E-state index in [4.69, 9.17) is 19.9 Å². The van der Waals surface area contributed by atoms with Gasteiger partial charge in [-0.15, -0.1) is 5.10 Å². The third-order valence-electron chi connectivity index (χ3n) is 6.12. The van der Waals surface area contributed by atoms with Crippen molar-refractivity contribution < 1.29 is 39.4 Å². The van der Waals surface area contributed by atoms with Gasteiger partial charge in [0.25, 0.3) is 0 Å². The van der Waals surface area contributed by atoms with Crippen LogP contribution in [0.1, 0.15) is 49.9 Å². The second-order valence-electron chi connectivity index (χ2n) is 9.49. The molecule has 6 atom stereocenters. The summed E-state index contributed by atoms with van der Waals surface area (Å²) < 4.78 is 17.0. The van der Waals surface area contributed by atoms with Gasteiger partial charge in [0.05, 0.1) is 19.3 Å². The molecule has 1 fully saturated rings. The Bertz CT molecular complexity index is 995. The molecule has 0 saturated carbocycles. The number of carbonyl (C=O) groups excluding carboxylic acids is 1. The molecule has 206 valence electrons. The number of ether oxygens (including phenoxy) is 3. The number of nitrogens with one attached hydrogen (secondary N) is 2. The zero-order valence-corrected chi connectivity index (χ0v) is 21.3. The average molecular weight is 523 g/mol. The van der Waals surface area contributed by atoms with E-state index < -0.39 is 43.4 Å². The normalized spacial score (nSPS) is 24.6. The number of nitrogens with two attached hydrogens (primary N) is 1. The van der Waals surface area contributed by atoms with E-state index in [0.29, 0.717) is 31.7 Å². The Labute approximate surface area is 215 Å². The maximum atomic E-state index is 11.5. The molecule has 1 saturated heterocycles. The van der Waals surface area contributed by atoms with Crippen LogP contribution in [-0.4, -0.2) is 93.0 Å². The lowest BCUT2D eigenvalue weighted by Crippen LogP contribution is -2.60. The number of aromatic amines is 1. The maximum Gasteiger partial charge on any atom is 0.238 e. The highest BCUT2D eigenvalue weighted by molar-refractivity contribution is 5.80. The van der Waals surface area contributed by atoms with E-state index in [1.165, 1.54) is 0 Å². The number of rotatable bonds is 12. The molecule has 1 amide bonds. The first-order chi connectivity index (χ1) is 17.6. The monoisotopic (exact) mass is 522 g/mol. The predicted molar refractivity (Wildman–Crippen MR) is 133 cm³/mol. The summed E-state index contributed by atoms with van der Waals surface area (Å²) >= 11 is 0. The molecule has 1 unspecified atom stereocenters. The number of carbonyl (C=O) groups is 1. The summed E-state index contributed by atoms with van der Waals surface area (Å²) in [6.45, 7) is 6.00. The second-order valence-corrected chi connectivity index (χ2v) is 9.49. The quantitative estimate of drug-likeness (QED) is 0.179. The van der Waals surface area contributed by atoms with E-state index in [0.717, 1.165) is 16.8 Å². The van der Waals surface area contributed by atoms with Gasteiger partial charge in [0, 0.05) is 24.2 Å². The van der Waals surface area contributed by atoms with Crippen molar-refractivity contribution in [2.24, 2.45) is 5.73 Å². The molecule has 1 aromatic carbocycles. The number of nitrogens with zero attached hydrogens (tertiary/aromatic N) is 1. The van der Waals surface area contributed by atoms with Crippen molar-refractivity contribution in [3.63, 3.8) is 0 Å². The van der Waals surface area contributed by atoms with Gasteiger partial charge in [0.15, 0.2) is 0 Å². The number of aromatic nitrogens is 2. The van der Waals surface area contributed by atoms with Crippen molar-refractivity contribution in [1.82, 2.24) is 15.5 Å². The Balaban J connectivity index is 1.63. The van der Waals surface area contributed by atoms with E-state index in [9.17, 15) is 25.2 Å². The van der Waals surface area contributed by atoms with Crippen molar-refractivity contribution in [3.8, 4) is 11.6 Å². The highest BCUT2D eigenvalue weighted by Crippen LogP contribution is 2.31. The lowest BCUT2D eigenvalue weighted by molar-refractivity contribution is -0.278. The molecule has 2 aromatic rings. The SMILES string of the molecule is CC(C)c1[nH]nc(OC2O[C@H](CO)[C@@H](O)[C@H](O)[C@H]2O)c1Cc1ccc(OCCCNC(=O)[C@H](C)N)cc1. The van der Waals surface area contributed by atoms with Crippen LogP contribution in [0.25, 0.3) is 0 Å². The summed E-state index contributed by atoms with van der Waals surface area (Å²) in [6.07, 6.45) is -5.86. The van der Waals surface area contributed by atoms with Crippen molar-refractivity contribution in [2.45, 2.75) is 76.3 Å². The van der Waals surface area contributed by atoms with Crippen LogP contribution in [0.2, 0.25) is 0 Å². The lowest BCUT2D eigenvalue weighted by atomic mass is 9.98. The fraction of sp³-hybridized carbons (Fsp3) is 0.600. The predicted octanol–water partition coefficient (Wildman–Crippen LogP) is -0.465. The molecule has 37 heavy (non-hydrogen) atoms. The molecule has 3 rings (SSSR count). The van der Waals surface area contributed by atoms with Crippen LogP contribution < -0.4 is 20.5 Å². The van der Waals surface area contributed by atoms with Crippen molar-refractivity contribution in [2.75, 3.05) is 19.8 Å². The van der Waals surface area contributed by atoms with Gasteiger partial charge in [-0.1, -0.05) is 26.0 Å². The number of aliphatic hydroxyl groups is 4. The standard InChI is InChI=1S/C25H38N4O8/c1-13(2)19-17(24(29-28-19)37-25-22(33)21(32)20(31)18(12-30)36-25)11-15-5-7-16(8-6-15)35-10-4-9-27-23(34)14(3)26/h5-8,13-14,18,20-22,25,30-33H,4,9-12,26H2,1-3H3,(H,27,34)(H,28,29)/t14-,18+,20+,21-,22+,25?/m0/s1. The first-order valence-electron chi connectivity index (χ1n) is 12.4. The summed E-state index contributed by atoms with van der Waals surface area (Å²) in [5.41, 5.74) is 8.06. The van der Waals surface area contributed by atoms with Gasteiger partial charge in [0.2, 0.25) is 18.1 Å². The first-order valence-corrected chi connectivity index (χ1v) is 12.4. The number of aliphatic hydroxyl groups excluding tert-OH is 4. The molecule has 2 heterocycles. The van der Waals surface area contributed by atoms with Gasteiger partial charge in [-0.25, -0.2) is 0 Å². The van der Waals surface area contributed by atoms with Crippen LogP contribution in [0, 0.1) is 0 Å². The molecule has 1 aromatic heterocycles. The fourth-order valence-electron chi connectivity index (χ4n) is 3.92. The minimum Gasteiger partial charge on any atom is -0.494 e. The molecule has 12 heteroatoms. The van der Waals surface area contributed by atoms with Crippen LogP contribution >= 0.6 is 0 Å². The molecule has 0 spiro atoms. The van der Waals surface area contributed by atoms with Gasteiger partial charge in [0.1, 0.15) is 30.2 Å². The van der Waals surface area contributed by atoms with E-state index in [1.54, 1.807) is 6.92 Å². The number of hydrogen-bond donors (Lipinski definition) is 7. The Morgan fingerprint density at radius 3 is 2.49 bits per heavy atom. The minimum absolute atomic E-state index is 0.0972. The first kappa shape index (κ1) is 28.8. The Morgan fingerprint density at radius 2 is 1.86 bits per heavy atom. The zero-order chi connectivity index (χ0) is 27.1. The molecule has 1 aliphatic rings. The molecule has 0 bridgehead atoms. The molecule has 1 aliphatic heterocycles. The zero-order valence-electron chi connectivity index (χ0n) is 21.3. The third-order valence-corrected chi connectivity index (χ3v) is 6.12. The molecule has 0 radical (unpaired) electrons. The summed E-state index contributed by atoms with van der Waals surface area (Å²) in [7, 11) is 0. The number of hydrogen-bond acceptors (Lipinski definition) is 10. The van der Waals surface area contributed by atoms with Crippen LogP contribution in [-0.2, 0) is 16.0 Å². The maximum absolute atomic E-state index is 11.5. The number of benzene rings is 1. The van der Waals surface area contributed by atoms with Gasteiger partial charge in [-0.3, -0.25) is 9.89 Å². The Morgan fingerprint density at radius 1 is 1.16 bits per heavy atom. The number of amides is 1. The van der Waals surface area contributed by atoms with Gasteiger partial charge in [-0.05, 0) is 37.0 Å². The van der Waals surface area contributed by atoms with E-state index in [1.807, 2.05) is 38.1 Å². The van der Waals surface area contributed by atoms with Crippen LogP contribution in [0.3, 0.4) is 0 Å². The topological polar surface area (TPSA) is 192 Å². The summed E-state index contributed by atoms with van der Waals surface area (Å²) in [5.74, 6) is 0.790. The largest absolute Gasteiger partial charge is 0.494 e. The molecule has 8 N–H and O–H groups in total. The summed E-state index contributed by atoms with van der Waals surface area (Å²) in [4.78, 5) is 11.5. The molecule has 12 nitrogen and oxygen atoms in total. The van der Waals surface area contributed by atoms with Gasteiger partial charge >= 0.3 is 0 Å². The van der Waals surface area contributed by atoms with Crippen LogP contribution in [0.4, 0.5) is 0 Å². The Hall–Kier alpha value is -2.74. The van der Waals surface area contributed by atoms with Crippen molar-refractivity contribution in [3.05, 3.63) is 41.1 Å². The number of H-pyrrole nitrogens is 1. The highest BCUT2D eigenvalue weighted by atomic mass is 16.7. The highest BCUT2D eigenvalue weighted by Gasteiger charge is 2.45.